The van der Waals surface area contributed by atoms with E-state index < -0.39 is 43.2 Å². The summed E-state index contributed by atoms with van der Waals surface area (Å²) in [5, 5.41) is 0.699. The minimum Gasteiger partial charge on any atom is -1.00 e. The third-order valence-electron chi connectivity index (χ3n) is 9.88. The van der Waals surface area contributed by atoms with Crippen LogP contribution in [0.5, 0.6) is 5.75 Å². The second-order valence-electron chi connectivity index (χ2n) is 14.3. The molecule has 21 heteroatoms. The first-order valence-corrected chi connectivity index (χ1v) is 21.5. The second-order valence-corrected chi connectivity index (χ2v) is 18.8. The van der Waals surface area contributed by atoms with E-state index in [1.807, 2.05) is 12.1 Å². The van der Waals surface area contributed by atoms with Crippen molar-refractivity contribution in [3.05, 3.63) is 100 Å². The molecule has 2 fully saturated rings. The van der Waals surface area contributed by atoms with Gasteiger partial charge in [-0.05, 0) is 95.3 Å². The Morgan fingerprint density at radius 3 is 2.02 bits per heavy atom. The molecule has 0 amide bonds. The van der Waals surface area contributed by atoms with Crippen molar-refractivity contribution in [3.8, 4) is 5.75 Å². The van der Waals surface area contributed by atoms with Crippen molar-refractivity contribution < 1.29 is 263 Å². The zero-order valence-electron chi connectivity index (χ0n) is 36.7. The predicted molar refractivity (Wildman–Crippen MR) is 208 cm³/mol. The number of fused-ring (bicyclic) bond motifs is 6. The summed E-state index contributed by atoms with van der Waals surface area (Å²) >= 11 is 0. The Hall–Kier alpha value is 2.12. The van der Waals surface area contributed by atoms with E-state index in [0.29, 0.717) is 23.1 Å². The van der Waals surface area contributed by atoms with Gasteiger partial charge in [-0.25, -0.2) is 9.59 Å². The Kier molecular flexibility index (Phi) is 46.5. The summed E-state index contributed by atoms with van der Waals surface area (Å²) in [5.74, 6) is -1.22. The van der Waals surface area contributed by atoms with Gasteiger partial charge < -0.3 is 24.5 Å². The number of carbonyl (C=O) groups is 4. The molecule has 0 N–H and O–H groups in total. The summed E-state index contributed by atoms with van der Waals surface area (Å²) < 4.78 is 26.4. The molecule has 0 saturated heterocycles. The fourth-order valence-electron chi connectivity index (χ4n) is 7.76. The monoisotopic (exact) mass is 1240 g/mol. The van der Waals surface area contributed by atoms with Gasteiger partial charge in [0.15, 0.2) is 5.41 Å². The molecule has 3 aromatic rings. The molecule has 63 heavy (non-hydrogen) atoms. The van der Waals surface area contributed by atoms with Crippen LogP contribution in [0.15, 0.2) is 87.8 Å². The van der Waals surface area contributed by atoms with E-state index in [9.17, 15) is 24.0 Å². The van der Waals surface area contributed by atoms with Gasteiger partial charge in [-0.15, -0.1) is 0 Å². The molecule has 1 aromatic heterocycles. The first kappa shape index (κ1) is 79.3. The van der Waals surface area contributed by atoms with E-state index in [0.717, 1.165) is 30.6 Å². The summed E-state index contributed by atoms with van der Waals surface area (Å²) in [4.78, 5) is 61.6. The van der Waals surface area contributed by atoms with Gasteiger partial charge in [0.2, 0.25) is 8.32 Å². The van der Waals surface area contributed by atoms with E-state index in [4.69, 9.17) is 23.1 Å². The number of carbonyl (C=O) groups excluding carboxylic acids is 4. The maximum atomic E-state index is 13.0. The van der Waals surface area contributed by atoms with Gasteiger partial charge in [-0.2, -0.15) is 0 Å². The van der Waals surface area contributed by atoms with Crippen molar-refractivity contribution in [2.24, 2.45) is 17.3 Å². The fourth-order valence-corrected chi connectivity index (χ4v) is 8.63. The topological polar surface area (TPSA) is 135 Å². The Morgan fingerprint density at radius 1 is 0.857 bits per heavy atom. The molecule has 7 rings (SSSR count). The van der Waals surface area contributed by atoms with E-state index in [-0.39, 0.29) is 271 Å². The van der Waals surface area contributed by atoms with E-state index in [2.05, 4.69) is 32.3 Å². The van der Waals surface area contributed by atoms with Gasteiger partial charge in [0.05, 0.1) is 19.0 Å². The quantitative estimate of drug-likeness (QED) is 0.0690. The average molecular weight is 1250 g/mol. The molecule has 4 aliphatic rings. The molecule has 9 radical (unpaired) electrons. The molecule has 2 saturated carbocycles. The minimum atomic E-state index is -1.43. The minimum absolute atomic E-state index is 0. The summed E-state index contributed by atoms with van der Waals surface area (Å²) in [7, 11) is -1.43. The number of hydrogen-bond donors (Lipinski definition) is 0. The molecular formula is C42H55KO10SiV9. The molecule has 0 spiro atoms. The van der Waals surface area contributed by atoms with Crippen LogP contribution in [0.25, 0.3) is 11.0 Å². The number of ether oxygens (including phenoxy) is 3. The summed E-state index contributed by atoms with van der Waals surface area (Å²) in [5.41, 5.74) is 0.443. The average Bonchev–Trinajstić information content (AvgIpc) is 3.83. The van der Waals surface area contributed by atoms with Crippen LogP contribution < -0.4 is 61.7 Å². The van der Waals surface area contributed by atoms with Crippen molar-refractivity contribution in [2.45, 2.75) is 91.8 Å². The van der Waals surface area contributed by atoms with E-state index in [1.54, 1.807) is 50.2 Å². The molecule has 3 aliphatic carbocycles. The van der Waals surface area contributed by atoms with Crippen molar-refractivity contribution >= 4 is 43.0 Å². The zero-order valence-corrected chi connectivity index (χ0v) is 52.4. The summed E-state index contributed by atoms with van der Waals surface area (Å²) in [6, 6.07) is 15.7. The number of allylic oxidation sites excluding steroid dienone is 2. The van der Waals surface area contributed by atoms with E-state index >= 15 is 0 Å². The number of rotatable bonds is 7. The van der Waals surface area contributed by atoms with E-state index in [1.165, 1.54) is 24.5 Å². The molecule has 2 aromatic carbocycles. The number of esters is 3. The number of hydrogen-bond acceptors (Lipinski definition) is 10. The Labute approximate surface area is 526 Å². The largest absolute Gasteiger partial charge is 1.00 e. The van der Waals surface area contributed by atoms with Gasteiger partial charge in [0.25, 0.3) is 0 Å². The van der Waals surface area contributed by atoms with Crippen molar-refractivity contribution in [1.82, 2.24) is 0 Å². The number of para-hydroxylation sites is 2. The van der Waals surface area contributed by atoms with Crippen molar-refractivity contribution in [1.29, 1.82) is 0 Å². The predicted octanol–water partition coefficient (Wildman–Crippen LogP) is 6.04. The zero-order chi connectivity index (χ0) is 37.6. The van der Waals surface area contributed by atoms with Gasteiger partial charge in [0.1, 0.15) is 22.7 Å². The molecule has 4 unspecified atom stereocenters. The normalized spacial score (nSPS) is 18.9. The third kappa shape index (κ3) is 19.7. The van der Waals surface area contributed by atoms with Gasteiger partial charge in [0, 0.05) is 198 Å². The Morgan fingerprint density at radius 2 is 1.44 bits per heavy atom. The standard InChI is InChI=1S/C19H20O5.C12H10O4.C10H18OSi.CH4.K.9V.H2.H/c1-2-23-17(21)19-13-8-5-7-11(13)15(20)10-14(19)12-6-3-4-9-16(12)24-18(19)22;1-2-15-11(13)9-7-8-5-3-4-6-10(8)16-12(9)14;1-9(11-12(2,3)4)10-7-5-6-8-10;;;;;;;;;;;;;/h3-4,6,9,11,13-14H,2,5,7-8,10H2,1H3;3-7H,2H2,1H3;7H,1,5-6,8H2,2-4H3;1H4;;;;;;;;;;;1H;/q;;;;+1;;;;;;;;;;;-1. The Bertz CT molecular complexity index is 1990. The van der Waals surface area contributed by atoms with Crippen LogP contribution in [0.2, 0.25) is 19.6 Å². The molecule has 0 bridgehead atoms. The molecule has 10 nitrogen and oxygen atoms in total. The van der Waals surface area contributed by atoms with Gasteiger partial charge in [-0.3, -0.25) is 14.4 Å². The molecule has 4 atom stereocenters. The van der Waals surface area contributed by atoms with Crippen LogP contribution in [0.4, 0.5) is 0 Å². The third-order valence-corrected chi connectivity index (χ3v) is 10.7. The van der Waals surface area contributed by atoms with Crippen molar-refractivity contribution in [2.75, 3.05) is 13.2 Å². The van der Waals surface area contributed by atoms with Crippen molar-refractivity contribution in [3.63, 3.8) is 0 Å². The number of benzene rings is 2. The summed E-state index contributed by atoms with van der Waals surface area (Å²) in [6.07, 6.45) is 8.35. The molecule has 333 valence electrons. The van der Waals surface area contributed by atoms with Crippen LogP contribution >= 0.6 is 0 Å². The van der Waals surface area contributed by atoms with Crippen LogP contribution in [-0.4, -0.2) is 45.2 Å². The number of ketones is 1. The maximum absolute atomic E-state index is 13.0. The molecule has 2 heterocycles. The second kappa shape index (κ2) is 37.0. The van der Waals surface area contributed by atoms with Gasteiger partial charge in [-0.1, -0.05) is 62.9 Å². The number of Topliss-reactive ketones (excluding diaryl/α,β-unsaturated/α-hetero) is 1. The molecule has 1 aliphatic heterocycles. The van der Waals surface area contributed by atoms with Crippen LogP contribution in [-0.2, 0) is 195 Å². The first-order valence-electron chi connectivity index (χ1n) is 18.1. The van der Waals surface area contributed by atoms with Crippen LogP contribution in [0.1, 0.15) is 90.9 Å². The first-order chi connectivity index (χ1) is 24.8. The summed E-state index contributed by atoms with van der Waals surface area (Å²) in [6.45, 7) is 14.4. The maximum Gasteiger partial charge on any atom is 1.00 e. The molecular weight excluding hydrogens is 1190 g/mol. The fraction of sp³-hybridized carbons (Fsp3) is 0.452. The SMILES string of the molecule is C.C=C(O[Si](C)(C)C)C1=CCCC1.CCOC(=O)C12C(=O)Oc3ccccc3C1CC(=O)C1CCCC12.CCOC(=O)c1cc2ccccc2oc1=O.[H-].[HH].[K+].[V].[V].[V].[V].[V].[V].[V].[V].[V]. The van der Waals surface area contributed by atoms with Crippen LogP contribution in [0.3, 0.4) is 0 Å². The smallest absolute Gasteiger partial charge is 1.00 e. The Balaban J connectivity index is -0.0000000986. The van der Waals surface area contributed by atoms with Gasteiger partial charge >= 0.3 is 74.9 Å². The van der Waals surface area contributed by atoms with Crippen LogP contribution in [0, 0.1) is 17.3 Å².